The van der Waals surface area contributed by atoms with E-state index in [0.29, 0.717) is 15.8 Å². The predicted octanol–water partition coefficient (Wildman–Crippen LogP) is 3.62. The fourth-order valence-corrected chi connectivity index (χ4v) is 3.01. The Balaban J connectivity index is 2.16. The highest BCUT2D eigenvalue weighted by molar-refractivity contribution is 14.1. The Kier molecular flexibility index (Phi) is 3.23. The molecule has 1 aromatic heterocycles. The normalized spacial score (nSPS) is 20.5. The summed E-state index contributed by atoms with van der Waals surface area (Å²) in [6.45, 7) is 0.687. The molecule has 3 nitrogen and oxygen atoms in total. The van der Waals surface area contributed by atoms with Crippen molar-refractivity contribution in [3.8, 4) is 0 Å². The van der Waals surface area contributed by atoms with Crippen molar-refractivity contribution in [2.24, 2.45) is 0 Å². The second kappa shape index (κ2) is 4.73. The van der Waals surface area contributed by atoms with Crippen LogP contribution < -0.4 is 0 Å². The van der Waals surface area contributed by atoms with Crippen molar-refractivity contribution in [1.29, 1.82) is 0 Å². The molecule has 1 aliphatic rings. The first-order chi connectivity index (χ1) is 8.68. The van der Waals surface area contributed by atoms with Gasteiger partial charge in [-0.25, -0.2) is 13.5 Å². The molecule has 1 atom stereocenters. The van der Waals surface area contributed by atoms with Crippen LogP contribution in [0.5, 0.6) is 0 Å². The first-order valence-electron chi connectivity index (χ1n) is 5.82. The summed E-state index contributed by atoms with van der Waals surface area (Å²) in [6, 6.07) is 2.69. The third-order valence-corrected chi connectivity index (χ3v) is 3.91. The first-order valence-corrected chi connectivity index (χ1v) is 6.89. The summed E-state index contributed by atoms with van der Waals surface area (Å²) < 4.78 is 34.8. The van der Waals surface area contributed by atoms with Crippen molar-refractivity contribution >= 4 is 33.5 Å². The largest absolute Gasteiger partial charge is 0.356 e. The number of hydrogen-bond donors (Lipinski definition) is 0. The highest BCUT2D eigenvalue weighted by Crippen LogP contribution is 2.30. The second-order valence-corrected chi connectivity index (χ2v) is 5.33. The fraction of sp³-hybridized carbons (Fsp3) is 0.417. The van der Waals surface area contributed by atoms with Gasteiger partial charge >= 0.3 is 0 Å². The quantitative estimate of drug-likeness (QED) is 0.723. The zero-order valence-electron chi connectivity index (χ0n) is 9.50. The molecule has 0 aliphatic carbocycles. The van der Waals surface area contributed by atoms with Crippen LogP contribution in [-0.4, -0.2) is 16.4 Å². The molecule has 2 aromatic rings. The zero-order chi connectivity index (χ0) is 12.7. The predicted molar refractivity (Wildman–Crippen MR) is 71.2 cm³/mol. The Morgan fingerprint density at radius 3 is 2.89 bits per heavy atom. The Labute approximate surface area is 116 Å². The van der Waals surface area contributed by atoms with E-state index in [-0.39, 0.29) is 11.6 Å². The van der Waals surface area contributed by atoms with E-state index in [9.17, 15) is 8.78 Å². The molecule has 3 rings (SSSR count). The molecule has 1 saturated heterocycles. The minimum Gasteiger partial charge on any atom is -0.356 e. The van der Waals surface area contributed by atoms with E-state index in [2.05, 4.69) is 5.10 Å². The molecule has 1 aromatic carbocycles. The van der Waals surface area contributed by atoms with Crippen LogP contribution in [0.15, 0.2) is 12.1 Å². The van der Waals surface area contributed by atoms with E-state index < -0.39 is 11.6 Å². The van der Waals surface area contributed by atoms with Gasteiger partial charge in [-0.2, -0.15) is 5.10 Å². The SMILES string of the molecule is Fc1ccc2c(c(I)nn2C2CCCCO2)c1F. The van der Waals surface area contributed by atoms with Gasteiger partial charge in [-0.1, -0.05) is 0 Å². The summed E-state index contributed by atoms with van der Waals surface area (Å²) in [6.07, 6.45) is 2.78. The molecule has 1 unspecified atom stereocenters. The number of nitrogens with zero attached hydrogens (tertiary/aromatic N) is 2. The van der Waals surface area contributed by atoms with Gasteiger partial charge in [0.15, 0.2) is 17.9 Å². The lowest BCUT2D eigenvalue weighted by molar-refractivity contribution is -0.0368. The van der Waals surface area contributed by atoms with Gasteiger partial charge in [0.05, 0.1) is 10.9 Å². The lowest BCUT2D eigenvalue weighted by atomic mass is 10.2. The first kappa shape index (κ1) is 12.3. The van der Waals surface area contributed by atoms with E-state index in [1.54, 1.807) is 10.7 Å². The van der Waals surface area contributed by atoms with Gasteiger partial charge in [-0.3, -0.25) is 0 Å². The molecular weight excluding hydrogens is 353 g/mol. The van der Waals surface area contributed by atoms with Gasteiger partial charge in [0.25, 0.3) is 0 Å². The Morgan fingerprint density at radius 2 is 2.17 bits per heavy atom. The van der Waals surface area contributed by atoms with Crippen molar-refractivity contribution in [2.75, 3.05) is 6.61 Å². The molecule has 0 bridgehead atoms. The van der Waals surface area contributed by atoms with Crippen molar-refractivity contribution < 1.29 is 13.5 Å². The summed E-state index contributed by atoms with van der Waals surface area (Å²) in [4.78, 5) is 0. The van der Waals surface area contributed by atoms with Crippen LogP contribution >= 0.6 is 22.6 Å². The average Bonchev–Trinajstić information content (AvgIpc) is 2.73. The van der Waals surface area contributed by atoms with E-state index in [1.165, 1.54) is 0 Å². The molecule has 18 heavy (non-hydrogen) atoms. The van der Waals surface area contributed by atoms with Crippen molar-refractivity contribution in [3.05, 3.63) is 27.5 Å². The van der Waals surface area contributed by atoms with Gasteiger partial charge in [-0.15, -0.1) is 0 Å². The van der Waals surface area contributed by atoms with Crippen LogP contribution in [0, 0.1) is 15.3 Å². The number of halogens is 3. The number of hydrogen-bond acceptors (Lipinski definition) is 2. The molecular formula is C12H11F2IN2O. The molecule has 0 radical (unpaired) electrons. The van der Waals surface area contributed by atoms with Gasteiger partial charge in [0.1, 0.15) is 3.70 Å². The van der Waals surface area contributed by atoms with Crippen LogP contribution in [0.3, 0.4) is 0 Å². The van der Waals surface area contributed by atoms with Crippen molar-refractivity contribution in [3.63, 3.8) is 0 Å². The highest BCUT2D eigenvalue weighted by Gasteiger charge is 2.22. The van der Waals surface area contributed by atoms with E-state index >= 15 is 0 Å². The van der Waals surface area contributed by atoms with Gasteiger partial charge in [0, 0.05) is 6.61 Å². The molecule has 0 amide bonds. The van der Waals surface area contributed by atoms with Crippen LogP contribution in [0.2, 0.25) is 0 Å². The molecule has 0 spiro atoms. The molecule has 96 valence electrons. The molecule has 1 aliphatic heterocycles. The molecule has 0 saturated carbocycles. The van der Waals surface area contributed by atoms with Gasteiger partial charge in [-0.05, 0) is 54.0 Å². The average molecular weight is 364 g/mol. The number of benzene rings is 1. The minimum atomic E-state index is -0.843. The fourth-order valence-electron chi connectivity index (χ4n) is 2.26. The van der Waals surface area contributed by atoms with Crippen molar-refractivity contribution in [1.82, 2.24) is 9.78 Å². The molecule has 2 heterocycles. The summed E-state index contributed by atoms with van der Waals surface area (Å²) in [5, 5.41) is 4.53. The monoisotopic (exact) mass is 364 g/mol. The third-order valence-electron chi connectivity index (χ3n) is 3.15. The summed E-state index contributed by atoms with van der Waals surface area (Å²) in [5.74, 6) is -1.68. The summed E-state index contributed by atoms with van der Waals surface area (Å²) in [7, 11) is 0. The van der Waals surface area contributed by atoms with E-state index in [4.69, 9.17) is 4.74 Å². The van der Waals surface area contributed by atoms with Gasteiger partial charge in [0.2, 0.25) is 0 Å². The topological polar surface area (TPSA) is 27.1 Å². The van der Waals surface area contributed by atoms with Crippen LogP contribution in [-0.2, 0) is 4.74 Å². The number of fused-ring (bicyclic) bond motifs is 1. The molecule has 6 heteroatoms. The van der Waals surface area contributed by atoms with E-state index in [1.807, 2.05) is 22.6 Å². The molecule has 1 fully saturated rings. The summed E-state index contributed by atoms with van der Waals surface area (Å²) in [5.41, 5.74) is 0.588. The molecule has 0 N–H and O–H groups in total. The second-order valence-electron chi connectivity index (χ2n) is 4.31. The van der Waals surface area contributed by atoms with Crippen LogP contribution in [0.1, 0.15) is 25.5 Å². The standard InChI is InChI=1S/C12H11F2IN2O/c13-7-4-5-8-10(11(7)14)12(15)16-17(8)9-3-1-2-6-18-9/h4-5,9H,1-3,6H2. The minimum absolute atomic E-state index is 0.172. The van der Waals surface area contributed by atoms with Crippen LogP contribution in [0.4, 0.5) is 8.78 Å². The lowest BCUT2D eigenvalue weighted by Crippen LogP contribution is -2.19. The Morgan fingerprint density at radius 1 is 1.33 bits per heavy atom. The lowest BCUT2D eigenvalue weighted by Gasteiger charge is -2.23. The maximum Gasteiger partial charge on any atom is 0.170 e. The smallest absolute Gasteiger partial charge is 0.170 e. The maximum atomic E-state index is 13.8. The van der Waals surface area contributed by atoms with E-state index in [0.717, 1.165) is 25.3 Å². The number of aromatic nitrogens is 2. The third kappa shape index (κ3) is 1.91. The summed E-state index contributed by atoms with van der Waals surface area (Å²) >= 11 is 1.92. The van der Waals surface area contributed by atoms with Crippen molar-refractivity contribution in [2.45, 2.75) is 25.5 Å². The van der Waals surface area contributed by atoms with Gasteiger partial charge < -0.3 is 4.74 Å². The Hall–Kier alpha value is -0.760. The number of ether oxygens (including phenoxy) is 1. The highest BCUT2D eigenvalue weighted by atomic mass is 127. The Bertz CT molecular complexity index is 593. The number of rotatable bonds is 1. The maximum absolute atomic E-state index is 13.8. The van der Waals surface area contributed by atoms with Crippen LogP contribution in [0.25, 0.3) is 10.9 Å². The zero-order valence-corrected chi connectivity index (χ0v) is 11.7.